The zero-order chi connectivity index (χ0) is 20.8. The van der Waals surface area contributed by atoms with Crippen LogP contribution in [-0.4, -0.2) is 23.9 Å². The first-order chi connectivity index (χ1) is 14.0. The third kappa shape index (κ3) is 5.03. The van der Waals surface area contributed by atoms with E-state index in [1.165, 1.54) is 31.4 Å². The van der Waals surface area contributed by atoms with Crippen molar-refractivity contribution < 1.29 is 19.4 Å². The summed E-state index contributed by atoms with van der Waals surface area (Å²) in [6, 6.07) is 18.3. The predicted molar refractivity (Wildman–Crippen MR) is 114 cm³/mol. The van der Waals surface area contributed by atoms with E-state index in [0.29, 0.717) is 21.8 Å². The standard InChI is InChI=1S/C23H18ClNO4/c1-29-22-14-16(10-12-21(22)27)20(26)11-9-15-5-4-6-17(13-15)25-23(28)18-7-2-3-8-19(18)24/h2-14,27H,1H3,(H,25,28)/b11-9+. The molecular formula is C23H18ClNO4. The monoisotopic (exact) mass is 407 g/mol. The molecule has 0 aliphatic rings. The second kappa shape index (κ2) is 9.08. The lowest BCUT2D eigenvalue weighted by Gasteiger charge is -2.07. The van der Waals surface area contributed by atoms with E-state index in [1.54, 1.807) is 48.5 Å². The van der Waals surface area contributed by atoms with Gasteiger partial charge in [0, 0.05) is 11.3 Å². The van der Waals surface area contributed by atoms with E-state index in [4.69, 9.17) is 16.3 Å². The minimum Gasteiger partial charge on any atom is -0.504 e. The Morgan fingerprint density at radius 2 is 1.83 bits per heavy atom. The molecule has 0 unspecified atom stereocenters. The van der Waals surface area contributed by atoms with Crippen molar-refractivity contribution in [3.63, 3.8) is 0 Å². The predicted octanol–water partition coefficient (Wildman–Crippen LogP) is 5.20. The van der Waals surface area contributed by atoms with Crippen LogP contribution in [0, 0.1) is 0 Å². The normalized spacial score (nSPS) is 10.7. The Hall–Kier alpha value is -3.57. The second-order valence-electron chi connectivity index (χ2n) is 6.14. The molecule has 6 heteroatoms. The number of carbonyl (C=O) groups is 2. The molecule has 0 aliphatic carbocycles. The maximum atomic E-state index is 12.4. The number of hydrogen-bond acceptors (Lipinski definition) is 4. The highest BCUT2D eigenvalue weighted by atomic mass is 35.5. The topological polar surface area (TPSA) is 75.6 Å². The molecule has 0 fully saturated rings. The molecule has 0 heterocycles. The van der Waals surface area contributed by atoms with Gasteiger partial charge < -0.3 is 15.2 Å². The van der Waals surface area contributed by atoms with Crippen LogP contribution in [0.1, 0.15) is 26.3 Å². The van der Waals surface area contributed by atoms with Crippen molar-refractivity contribution in [2.24, 2.45) is 0 Å². The van der Waals surface area contributed by atoms with Crippen LogP contribution in [0.3, 0.4) is 0 Å². The van der Waals surface area contributed by atoms with Gasteiger partial charge in [-0.05, 0) is 54.1 Å². The number of hydrogen-bond donors (Lipinski definition) is 2. The van der Waals surface area contributed by atoms with E-state index < -0.39 is 0 Å². The average Bonchev–Trinajstić information content (AvgIpc) is 2.73. The number of halogens is 1. The molecule has 29 heavy (non-hydrogen) atoms. The number of phenols is 1. The summed E-state index contributed by atoms with van der Waals surface area (Å²) >= 11 is 6.06. The number of amides is 1. The number of ketones is 1. The molecule has 0 aliphatic heterocycles. The molecule has 2 N–H and O–H groups in total. The minimum absolute atomic E-state index is 0.0324. The van der Waals surface area contributed by atoms with Crippen molar-refractivity contribution in [1.29, 1.82) is 0 Å². The Labute approximate surface area is 173 Å². The largest absolute Gasteiger partial charge is 0.504 e. The molecule has 1 amide bonds. The van der Waals surface area contributed by atoms with Gasteiger partial charge in [-0.1, -0.05) is 41.9 Å². The van der Waals surface area contributed by atoms with Crippen molar-refractivity contribution >= 4 is 35.1 Å². The van der Waals surface area contributed by atoms with Crippen LogP contribution in [0.5, 0.6) is 11.5 Å². The summed E-state index contributed by atoms with van der Waals surface area (Å²) in [5.41, 5.74) is 2.09. The van der Waals surface area contributed by atoms with Crippen molar-refractivity contribution in [3.05, 3.63) is 94.5 Å². The molecule has 5 nitrogen and oxygen atoms in total. The van der Waals surface area contributed by atoms with Gasteiger partial charge in [0.1, 0.15) is 0 Å². The summed E-state index contributed by atoms with van der Waals surface area (Å²) in [5, 5.41) is 12.8. The van der Waals surface area contributed by atoms with Gasteiger partial charge in [0.2, 0.25) is 0 Å². The van der Waals surface area contributed by atoms with Gasteiger partial charge in [0.15, 0.2) is 17.3 Å². The van der Waals surface area contributed by atoms with Gasteiger partial charge in [0.05, 0.1) is 17.7 Å². The molecule has 0 aromatic heterocycles. The van der Waals surface area contributed by atoms with Crippen LogP contribution < -0.4 is 10.1 Å². The minimum atomic E-state index is -0.316. The third-order valence-corrected chi connectivity index (χ3v) is 4.48. The van der Waals surface area contributed by atoms with Gasteiger partial charge in [-0.2, -0.15) is 0 Å². The molecule has 0 saturated carbocycles. The Kier molecular flexibility index (Phi) is 6.32. The van der Waals surface area contributed by atoms with Crippen LogP contribution in [0.4, 0.5) is 5.69 Å². The fraction of sp³-hybridized carbons (Fsp3) is 0.0435. The molecule has 3 aromatic carbocycles. The Morgan fingerprint density at radius 3 is 2.59 bits per heavy atom. The number of nitrogens with one attached hydrogen (secondary N) is 1. The van der Waals surface area contributed by atoms with Crippen LogP contribution >= 0.6 is 11.6 Å². The SMILES string of the molecule is COc1cc(C(=O)/C=C/c2cccc(NC(=O)c3ccccc3Cl)c2)ccc1O. The lowest BCUT2D eigenvalue weighted by atomic mass is 10.1. The maximum Gasteiger partial charge on any atom is 0.257 e. The van der Waals surface area contributed by atoms with Gasteiger partial charge >= 0.3 is 0 Å². The first-order valence-corrected chi connectivity index (χ1v) is 9.11. The summed E-state index contributed by atoms with van der Waals surface area (Å²) in [5.74, 6) is -0.360. The number of methoxy groups -OCH3 is 1. The number of phenolic OH excluding ortho intramolecular Hbond substituents is 1. The summed E-state index contributed by atoms with van der Waals surface area (Å²) in [6.07, 6.45) is 3.06. The molecule has 0 atom stereocenters. The molecule has 146 valence electrons. The summed E-state index contributed by atoms with van der Waals surface area (Å²) in [6.45, 7) is 0. The van der Waals surface area contributed by atoms with Crippen molar-refractivity contribution in [3.8, 4) is 11.5 Å². The molecule has 0 bridgehead atoms. The van der Waals surface area contributed by atoms with Crippen LogP contribution in [-0.2, 0) is 0 Å². The van der Waals surface area contributed by atoms with E-state index in [1.807, 2.05) is 6.07 Å². The van der Waals surface area contributed by atoms with E-state index in [2.05, 4.69) is 5.32 Å². The fourth-order valence-electron chi connectivity index (χ4n) is 2.66. The van der Waals surface area contributed by atoms with E-state index in [0.717, 1.165) is 5.56 Å². The Morgan fingerprint density at radius 1 is 1.03 bits per heavy atom. The molecular weight excluding hydrogens is 390 g/mol. The van der Waals surface area contributed by atoms with Crippen molar-refractivity contribution in [2.75, 3.05) is 12.4 Å². The third-order valence-electron chi connectivity index (χ3n) is 4.15. The molecule has 0 spiro atoms. The number of aromatic hydroxyl groups is 1. The number of allylic oxidation sites excluding steroid dienone is 1. The van der Waals surface area contributed by atoms with Gasteiger partial charge in [0.25, 0.3) is 5.91 Å². The highest BCUT2D eigenvalue weighted by molar-refractivity contribution is 6.34. The van der Waals surface area contributed by atoms with Gasteiger partial charge in [-0.3, -0.25) is 9.59 Å². The zero-order valence-electron chi connectivity index (χ0n) is 15.6. The van der Waals surface area contributed by atoms with Crippen LogP contribution in [0.25, 0.3) is 6.08 Å². The van der Waals surface area contributed by atoms with E-state index in [-0.39, 0.29) is 23.2 Å². The highest BCUT2D eigenvalue weighted by Gasteiger charge is 2.10. The van der Waals surface area contributed by atoms with Crippen LogP contribution in [0.2, 0.25) is 5.02 Å². The number of carbonyl (C=O) groups excluding carboxylic acids is 2. The first-order valence-electron chi connectivity index (χ1n) is 8.73. The fourth-order valence-corrected chi connectivity index (χ4v) is 2.88. The van der Waals surface area contributed by atoms with E-state index in [9.17, 15) is 14.7 Å². The number of benzene rings is 3. The van der Waals surface area contributed by atoms with Crippen molar-refractivity contribution in [1.82, 2.24) is 0 Å². The second-order valence-corrected chi connectivity index (χ2v) is 6.55. The van der Waals surface area contributed by atoms with Crippen LogP contribution in [0.15, 0.2) is 72.8 Å². The van der Waals surface area contributed by atoms with E-state index >= 15 is 0 Å². The molecule has 3 aromatic rings. The summed E-state index contributed by atoms with van der Waals surface area (Å²) < 4.78 is 5.02. The number of rotatable bonds is 6. The lowest BCUT2D eigenvalue weighted by molar-refractivity contribution is 0.102. The maximum absolute atomic E-state index is 12.4. The van der Waals surface area contributed by atoms with Gasteiger partial charge in [-0.25, -0.2) is 0 Å². The summed E-state index contributed by atoms with van der Waals surface area (Å²) in [4.78, 5) is 24.8. The quantitative estimate of drug-likeness (QED) is 0.435. The zero-order valence-corrected chi connectivity index (χ0v) is 16.3. The highest BCUT2D eigenvalue weighted by Crippen LogP contribution is 2.26. The Balaban J connectivity index is 1.73. The number of anilines is 1. The molecule has 0 saturated heterocycles. The smallest absolute Gasteiger partial charge is 0.257 e. The first kappa shape index (κ1) is 20.2. The molecule has 3 rings (SSSR count). The summed E-state index contributed by atoms with van der Waals surface area (Å²) in [7, 11) is 1.42. The van der Waals surface area contributed by atoms with Crippen molar-refractivity contribution in [2.45, 2.75) is 0 Å². The lowest BCUT2D eigenvalue weighted by Crippen LogP contribution is -2.12. The average molecular weight is 408 g/mol. The molecule has 0 radical (unpaired) electrons. The Bertz CT molecular complexity index is 1090. The van der Waals surface area contributed by atoms with Gasteiger partial charge in [-0.15, -0.1) is 0 Å². The number of ether oxygens (including phenoxy) is 1.